The van der Waals surface area contributed by atoms with E-state index in [9.17, 15) is 13.6 Å². The van der Waals surface area contributed by atoms with Gasteiger partial charge < -0.3 is 14.6 Å². The molecular formula is C11H15F2NO4. The fraction of sp³-hybridized carbons (Fsp3) is 0.545. The molecule has 0 aliphatic carbocycles. The number of alkyl halides is 2. The Kier molecular flexibility index (Phi) is 5.24. The summed E-state index contributed by atoms with van der Waals surface area (Å²) < 4.78 is 29.7. The van der Waals surface area contributed by atoms with Gasteiger partial charge in [-0.3, -0.25) is 4.90 Å². The van der Waals surface area contributed by atoms with Crippen LogP contribution in [0.2, 0.25) is 0 Å². The van der Waals surface area contributed by atoms with Crippen LogP contribution < -0.4 is 0 Å². The quantitative estimate of drug-likeness (QED) is 0.776. The van der Waals surface area contributed by atoms with Gasteiger partial charge in [-0.25, -0.2) is 13.6 Å². The van der Waals surface area contributed by atoms with Crippen LogP contribution in [-0.4, -0.2) is 47.2 Å². The number of aromatic carboxylic acids is 1. The van der Waals surface area contributed by atoms with Crippen molar-refractivity contribution < 1.29 is 28.2 Å². The molecule has 18 heavy (non-hydrogen) atoms. The number of nitrogens with zero attached hydrogens (tertiary/aromatic N) is 1. The van der Waals surface area contributed by atoms with Gasteiger partial charge in [-0.1, -0.05) is 0 Å². The highest BCUT2D eigenvalue weighted by atomic mass is 19.3. The van der Waals surface area contributed by atoms with Crippen molar-refractivity contribution in [2.75, 3.05) is 19.7 Å². The minimum absolute atomic E-state index is 0.0194. The molecule has 1 rings (SSSR count). The first kappa shape index (κ1) is 14.6. The molecule has 2 N–H and O–H groups in total. The van der Waals surface area contributed by atoms with Crippen molar-refractivity contribution in [3.63, 3.8) is 0 Å². The van der Waals surface area contributed by atoms with Crippen LogP contribution in [0, 0.1) is 6.92 Å². The Bertz CT molecular complexity index is 406. The summed E-state index contributed by atoms with van der Waals surface area (Å²) in [6, 6.07) is 1.31. The first-order valence-corrected chi connectivity index (χ1v) is 5.38. The number of hydrogen-bond donors (Lipinski definition) is 2. The average molecular weight is 263 g/mol. The molecular weight excluding hydrogens is 248 g/mol. The van der Waals surface area contributed by atoms with Gasteiger partial charge in [-0.15, -0.1) is 0 Å². The number of halogens is 2. The lowest BCUT2D eigenvalue weighted by Gasteiger charge is -2.19. The van der Waals surface area contributed by atoms with Crippen LogP contribution in [0.4, 0.5) is 8.78 Å². The average Bonchev–Trinajstić information content (AvgIpc) is 2.58. The zero-order chi connectivity index (χ0) is 13.7. The molecule has 0 radical (unpaired) electrons. The third-order valence-corrected chi connectivity index (χ3v) is 2.39. The van der Waals surface area contributed by atoms with Crippen molar-refractivity contribution >= 4 is 5.97 Å². The highest BCUT2D eigenvalue weighted by Crippen LogP contribution is 2.16. The van der Waals surface area contributed by atoms with Crippen molar-refractivity contribution in [2.24, 2.45) is 0 Å². The van der Waals surface area contributed by atoms with E-state index in [0.29, 0.717) is 5.76 Å². The molecule has 0 saturated heterocycles. The summed E-state index contributed by atoms with van der Waals surface area (Å²) >= 11 is 0. The van der Waals surface area contributed by atoms with Gasteiger partial charge in [0.2, 0.25) is 0 Å². The minimum Gasteiger partial charge on any atom is -0.478 e. The number of carboxylic acids is 1. The summed E-state index contributed by atoms with van der Waals surface area (Å²) in [5.74, 6) is -0.595. The highest BCUT2D eigenvalue weighted by molar-refractivity contribution is 5.88. The summed E-state index contributed by atoms with van der Waals surface area (Å²) in [6.45, 7) is 0.864. The topological polar surface area (TPSA) is 73.9 Å². The molecule has 1 heterocycles. The number of hydrogen-bond acceptors (Lipinski definition) is 4. The Balaban J connectivity index is 2.74. The van der Waals surface area contributed by atoms with Gasteiger partial charge in [0, 0.05) is 6.54 Å². The molecule has 0 aromatic carbocycles. The fourth-order valence-electron chi connectivity index (χ4n) is 1.63. The summed E-state index contributed by atoms with van der Waals surface area (Å²) in [5, 5.41) is 17.6. The molecule has 5 nitrogen and oxygen atoms in total. The molecule has 0 unspecified atom stereocenters. The lowest BCUT2D eigenvalue weighted by Crippen LogP contribution is -2.31. The first-order valence-electron chi connectivity index (χ1n) is 5.38. The van der Waals surface area contributed by atoms with Crippen molar-refractivity contribution in [1.29, 1.82) is 0 Å². The predicted octanol–water partition coefficient (Wildman–Crippen LogP) is 1.35. The smallest absolute Gasteiger partial charge is 0.339 e. The second-order valence-electron chi connectivity index (χ2n) is 3.84. The zero-order valence-electron chi connectivity index (χ0n) is 9.90. The molecule has 0 amide bonds. The molecule has 1 aromatic rings. The number of rotatable bonds is 7. The summed E-state index contributed by atoms with van der Waals surface area (Å²) in [7, 11) is 0. The third-order valence-electron chi connectivity index (χ3n) is 2.39. The Morgan fingerprint density at radius 3 is 2.67 bits per heavy atom. The highest BCUT2D eigenvalue weighted by Gasteiger charge is 2.17. The van der Waals surface area contributed by atoms with Crippen LogP contribution in [0.25, 0.3) is 0 Å². The lowest BCUT2D eigenvalue weighted by molar-refractivity contribution is 0.0692. The molecule has 0 atom stereocenters. The fourth-order valence-corrected chi connectivity index (χ4v) is 1.63. The second-order valence-corrected chi connectivity index (χ2v) is 3.84. The van der Waals surface area contributed by atoms with Crippen molar-refractivity contribution in [3.05, 3.63) is 23.2 Å². The third kappa shape index (κ3) is 4.08. The molecule has 0 aliphatic rings. The van der Waals surface area contributed by atoms with Gasteiger partial charge >= 0.3 is 5.97 Å². The monoisotopic (exact) mass is 263 g/mol. The van der Waals surface area contributed by atoms with Gasteiger partial charge in [0.1, 0.15) is 17.1 Å². The van der Waals surface area contributed by atoms with Crippen molar-refractivity contribution in [3.8, 4) is 0 Å². The first-order chi connectivity index (χ1) is 8.43. The maximum absolute atomic E-state index is 12.3. The zero-order valence-corrected chi connectivity index (χ0v) is 9.90. The second kappa shape index (κ2) is 6.46. The predicted molar refractivity (Wildman–Crippen MR) is 58.8 cm³/mol. The van der Waals surface area contributed by atoms with Crippen LogP contribution in [0.3, 0.4) is 0 Å². The van der Waals surface area contributed by atoms with Crippen LogP contribution in [0.15, 0.2) is 10.5 Å². The van der Waals surface area contributed by atoms with E-state index in [-0.39, 0.29) is 31.0 Å². The van der Waals surface area contributed by atoms with Crippen molar-refractivity contribution in [1.82, 2.24) is 4.90 Å². The molecule has 0 bridgehead atoms. The molecule has 0 saturated carbocycles. The molecule has 1 aromatic heterocycles. The van der Waals surface area contributed by atoms with Crippen molar-refractivity contribution in [2.45, 2.75) is 19.9 Å². The Morgan fingerprint density at radius 1 is 1.56 bits per heavy atom. The Hall–Kier alpha value is -1.47. The summed E-state index contributed by atoms with van der Waals surface area (Å²) in [4.78, 5) is 12.1. The lowest BCUT2D eigenvalue weighted by atomic mass is 10.2. The normalized spacial score (nSPS) is 11.4. The number of aryl methyl sites for hydroxylation is 1. The number of aliphatic hydroxyl groups excluding tert-OH is 1. The Morgan fingerprint density at radius 2 is 2.22 bits per heavy atom. The number of furan rings is 1. The minimum atomic E-state index is -2.52. The Labute approximate surface area is 103 Å². The van der Waals surface area contributed by atoms with E-state index < -0.39 is 18.9 Å². The molecule has 0 spiro atoms. The van der Waals surface area contributed by atoms with Gasteiger partial charge in [0.25, 0.3) is 6.43 Å². The molecule has 102 valence electrons. The van der Waals surface area contributed by atoms with Gasteiger partial charge in [-0.2, -0.15) is 0 Å². The standard InChI is InChI=1S/C11H15F2NO4/c1-7-9(11(16)17)4-8(18-7)5-14(2-3-15)6-10(12)13/h4,10,15H,2-3,5-6H2,1H3,(H,16,17). The number of aliphatic hydroxyl groups is 1. The number of carboxylic acid groups (broad SMARTS) is 1. The van der Waals surface area contributed by atoms with E-state index in [1.54, 1.807) is 0 Å². The van der Waals surface area contributed by atoms with Gasteiger partial charge in [0.05, 0.1) is 19.7 Å². The largest absolute Gasteiger partial charge is 0.478 e. The van der Waals surface area contributed by atoms with Crippen LogP contribution in [0.1, 0.15) is 21.9 Å². The van der Waals surface area contributed by atoms with E-state index in [1.165, 1.54) is 17.9 Å². The maximum atomic E-state index is 12.3. The number of carbonyl (C=O) groups is 1. The summed E-state index contributed by atoms with van der Waals surface area (Å²) in [6.07, 6.45) is -2.52. The van der Waals surface area contributed by atoms with E-state index in [0.717, 1.165) is 0 Å². The molecule has 0 aliphatic heterocycles. The van der Waals surface area contributed by atoms with Crippen LogP contribution in [-0.2, 0) is 6.54 Å². The van der Waals surface area contributed by atoms with Gasteiger partial charge in [-0.05, 0) is 13.0 Å². The molecule has 7 heteroatoms. The molecule has 0 fully saturated rings. The van der Waals surface area contributed by atoms with E-state index in [4.69, 9.17) is 14.6 Å². The van der Waals surface area contributed by atoms with E-state index in [1.807, 2.05) is 0 Å². The van der Waals surface area contributed by atoms with Crippen LogP contribution in [0.5, 0.6) is 0 Å². The van der Waals surface area contributed by atoms with E-state index in [2.05, 4.69) is 0 Å². The van der Waals surface area contributed by atoms with Crippen LogP contribution >= 0.6 is 0 Å². The van der Waals surface area contributed by atoms with Gasteiger partial charge in [0.15, 0.2) is 0 Å². The van der Waals surface area contributed by atoms with E-state index >= 15 is 0 Å². The summed E-state index contributed by atoms with van der Waals surface area (Å²) in [5.41, 5.74) is 0.0194. The maximum Gasteiger partial charge on any atom is 0.339 e. The SMILES string of the molecule is Cc1oc(CN(CCO)CC(F)F)cc1C(=O)O.